The second kappa shape index (κ2) is 6.45. The largest absolute Gasteiger partial charge is 0.431 e. The minimum Gasteiger partial charge on any atom is -0.431 e. The maximum atomic E-state index is 11.1. The molecule has 21 heavy (non-hydrogen) atoms. The van der Waals surface area contributed by atoms with Crippen molar-refractivity contribution in [2.24, 2.45) is 0 Å². The Morgan fingerprint density at radius 1 is 1.19 bits per heavy atom. The fourth-order valence-electron chi connectivity index (χ4n) is 1.59. The van der Waals surface area contributed by atoms with E-state index in [9.17, 15) is 9.59 Å². The highest BCUT2D eigenvalue weighted by atomic mass is 32.2. The van der Waals surface area contributed by atoms with E-state index in [0.717, 1.165) is 11.8 Å². The third-order valence-corrected chi connectivity index (χ3v) is 2.78. The van der Waals surface area contributed by atoms with Crippen LogP contribution in [-0.2, 0) is 9.59 Å². The summed E-state index contributed by atoms with van der Waals surface area (Å²) in [6.07, 6.45) is 5.13. The molecule has 1 aromatic heterocycles. The molecule has 2 aromatic rings. The minimum absolute atomic E-state index is 0.135. The van der Waals surface area contributed by atoms with Crippen LogP contribution in [0.15, 0.2) is 34.0 Å². The van der Waals surface area contributed by atoms with Crippen molar-refractivity contribution in [2.75, 3.05) is 0 Å². The minimum atomic E-state index is -0.521. The zero-order chi connectivity index (χ0) is 15.4. The van der Waals surface area contributed by atoms with E-state index < -0.39 is 11.9 Å². The molecule has 1 aromatic carbocycles. The van der Waals surface area contributed by atoms with E-state index in [4.69, 9.17) is 13.9 Å². The lowest BCUT2D eigenvalue weighted by Crippen LogP contribution is -2.07. The Hall–Kier alpha value is -2.28. The normalized spacial score (nSPS) is 10.2. The summed E-state index contributed by atoms with van der Waals surface area (Å²) in [7, 11) is 0. The van der Waals surface area contributed by atoms with Crippen molar-refractivity contribution in [1.82, 2.24) is 4.98 Å². The maximum absolute atomic E-state index is 11.1. The van der Waals surface area contributed by atoms with Gasteiger partial charge in [0.15, 0.2) is 17.3 Å². The number of rotatable bonds is 4. The molecule has 0 aliphatic heterocycles. The number of ether oxygens (including phenoxy) is 2. The zero-order valence-electron chi connectivity index (χ0n) is 11.4. The molecular weight excluding hydrogens is 294 g/mol. The Morgan fingerprint density at radius 2 is 1.86 bits per heavy atom. The predicted octanol–water partition coefficient (Wildman–Crippen LogP) is 3.08. The van der Waals surface area contributed by atoms with Crippen LogP contribution in [-0.4, -0.2) is 16.9 Å². The van der Waals surface area contributed by atoms with E-state index in [1.165, 1.54) is 32.2 Å². The van der Waals surface area contributed by atoms with Gasteiger partial charge in [-0.1, -0.05) is 11.8 Å². The van der Waals surface area contributed by atoms with Gasteiger partial charge in [-0.25, -0.2) is 4.98 Å². The Balaban J connectivity index is 2.39. The smallest absolute Gasteiger partial charge is 0.308 e. The monoisotopic (exact) mass is 306 g/mol. The number of hydrogen-bond acceptors (Lipinski definition) is 7. The summed E-state index contributed by atoms with van der Waals surface area (Å²) in [5.41, 5.74) is 0.634. The van der Waals surface area contributed by atoms with Crippen molar-refractivity contribution in [1.29, 1.82) is 0 Å². The lowest BCUT2D eigenvalue weighted by Gasteiger charge is -2.09. The number of hydrogen-bond donors (Lipinski definition) is 0. The summed E-state index contributed by atoms with van der Waals surface area (Å²) < 4.78 is 15.5. The van der Waals surface area contributed by atoms with Crippen LogP contribution in [0, 0.1) is 6.26 Å². The molecule has 0 atom stereocenters. The summed E-state index contributed by atoms with van der Waals surface area (Å²) in [5, 5.41) is 0.420. The van der Waals surface area contributed by atoms with Crippen LogP contribution in [0.4, 0.5) is 0 Å². The van der Waals surface area contributed by atoms with Gasteiger partial charge in [0.05, 0.1) is 6.20 Å². The first-order valence-corrected chi connectivity index (χ1v) is 6.87. The van der Waals surface area contributed by atoms with E-state index >= 15 is 0 Å². The van der Waals surface area contributed by atoms with E-state index in [1.54, 1.807) is 6.07 Å². The number of esters is 2. The van der Waals surface area contributed by atoms with Gasteiger partial charge in [0.1, 0.15) is 0 Å². The number of oxazole rings is 1. The third kappa shape index (κ3) is 3.85. The predicted molar refractivity (Wildman–Crippen MR) is 75.8 cm³/mol. The lowest BCUT2D eigenvalue weighted by molar-refractivity contribution is -0.134. The van der Waals surface area contributed by atoms with Gasteiger partial charge in [-0.2, -0.15) is 0 Å². The molecular formula is C14H12NO5S. The molecule has 0 bridgehead atoms. The van der Waals surface area contributed by atoms with Crippen molar-refractivity contribution in [3.8, 4) is 22.8 Å². The average Bonchev–Trinajstić information content (AvgIpc) is 2.88. The van der Waals surface area contributed by atoms with Crippen LogP contribution < -0.4 is 9.47 Å². The molecule has 0 saturated carbocycles. The Labute approximate surface area is 125 Å². The van der Waals surface area contributed by atoms with Gasteiger partial charge < -0.3 is 13.9 Å². The summed E-state index contributed by atoms with van der Waals surface area (Å²) in [5.74, 6) is -0.245. The Kier molecular flexibility index (Phi) is 4.64. The van der Waals surface area contributed by atoms with Crippen LogP contribution in [0.3, 0.4) is 0 Å². The second-order valence-electron chi connectivity index (χ2n) is 3.98. The maximum Gasteiger partial charge on any atom is 0.308 e. The van der Waals surface area contributed by atoms with Crippen molar-refractivity contribution >= 4 is 23.7 Å². The molecule has 1 heterocycles. The summed E-state index contributed by atoms with van der Waals surface area (Å²) in [4.78, 5) is 26.2. The first kappa shape index (κ1) is 15.1. The van der Waals surface area contributed by atoms with Gasteiger partial charge in [-0.15, -0.1) is 0 Å². The molecule has 0 spiro atoms. The van der Waals surface area contributed by atoms with Gasteiger partial charge in [-0.05, 0) is 18.2 Å². The van der Waals surface area contributed by atoms with Crippen LogP contribution >= 0.6 is 11.8 Å². The van der Waals surface area contributed by atoms with E-state index in [-0.39, 0.29) is 11.5 Å². The second-order valence-corrected chi connectivity index (χ2v) is 4.62. The number of thioether (sulfide) groups is 1. The highest BCUT2D eigenvalue weighted by Crippen LogP contribution is 2.34. The molecule has 2 rings (SSSR count). The van der Waals surface area contributed by atoms with E-state index in [2.05, 4.69) is 11.2 Å². The first-order chi connectivity index (χ1) is 9.99. The van der Waals surface area contributed by atoms with Gasteiger partial charge in [0.2, 0.25) is 0 Å². The first-order valence-electron chi connectivity index (χ1n) is 5.88. The van der Waals surface area contributed by atoms with Crippen LogP contribution in [0.5, 0.6) is 11.5 Å². The standard InChI is InChI=1S/C14H12NO5S/c1-8(16)18-11-5-4-10(6-12(11)19-9(2)17)13-7-15-14(20-13)21-3/h4-7H,3H2,1-2H3. The van der Waals surface area contributed by atoms with Crippen molar-refractivity contribution in [3.63, 3.8) is 0 Å². The number of aromatic nitrogens is 1. The van der Waals surface area contributed by atoms with Gasteiger partial charge in [0, 0.05) is 25.7 Å². The fraction of sp³-hybridized carbons (Fsp3) is 0.143. The van der Waals surface area contributed by atoms with Crippen LogP contribution in [0.2, 0.25) is 0 Å². The van der Waals surface area contributed by atoms with Crippen molar-refractivity contribution < 1.29 is 23.5 Å². The van der Waals surface area contributed by atoms with Gasteiger partial charge >= 0.3 is 11.9 Å². The highest BCUT2D eigenvalue weighted by molar-refractivity contribution is 8.00. The van der Waals surface area contributed by atoms with Crippen LogP contribution in [0.25, 0.3) is 11.3 Å². The van der Waals surface area contributed by atoms with Crippen molar-refractivity contribution in [2.45, 2.75) is 19.1 Å². The topological polar surface area (TPSA) is 78.6 Å². The van der Waals surface area contributed by atoms with E-state index in [0.29, 0.717) is 16.5 Å². The highest BCUT2D eigenvalue weighted by Gasteiger charge is 2.14. The molecule has 0 fully saturated rings. The lowest BCUT2D eigenvalue weighted by atomic mass is 10.1. The summed E-state index contributed by atoms with van der Waals surface area (Å²) >= 11 is 1.13. The Morgan fingerprint density at radius 3 is 2.43 bits per heavy atom. The SMILES string of the molecule is [CH2]Sc1ncc(-c2ccc(OC(C)=O)c(OC(C)=O)c2)o1. The molecule has 0 N–H and O–H groups in total. The average molecular weight is 306 g/mol. The summed E-state index contributed by atoms with van der Waals surface area (Å²) in [6, 6.07) is 4.73. The molecule has 0 aliphatic rings. The molecule has 0 unspecified atom stereocenters. The number of nitrogens with zero attached hydrogens (tertiary/aromatic N) is 1. The molecule has 109 valence electrons. The summed E-state index contributed by atoms with van der Waals surface area (Å²) in [6.45, 7) is 2.52. The van der Waals surface area contributed by atoms with Gasteiger partial charge in [0.25, 0.3) is 5.22 Å². The van der Waals surface area contributed by atoms with Gasteiger partial charge in [-0.3, -0.25) is 9.59 Å². The third-order valence-electron chi connectivity index (χ3n) is 2.34. The molecule has 1 radical (unpaired) electrons. The number of carbonyl (C=O) groups excluding carboxylic acids is 2. The molecule has 0 saturated heterocycles. The molecule has 0 amide bonds. The molecule has 7 heteroatoms. The number of carbonyl (C=O) groups is 2. The fourth-order valence-corrected chi connectivity index (χ4v) is 1.87. The molecule has 6 nitrogen and oxygen atoms in total. The quantitative estimate of drug-likeness (QED) is 0.488. The Bertz CT molecular complexity index is 680. The molecule has 0 aliphatic carbocycles. The van der Waals surface area contributed by atoms with E-state index in [1.807, 2.05) is 0 Å². The zero-order valence-corrected chi connectivity index (χ0v) is 12.2. The van der Waals surface area contributed by atoms with Crippen molar-refractivity contribution in [3.05, 3.63) is 30.7 Å². The van der Waals surface area contributed by atoms with Crippen LogP contribution in [0.1, 0.15) is 13.8 Å². The number of benzene rings is 1.